The normalized spacial score (nSPS) is 12.7. The molecule has 0 aliphatic carbocycles. The van der Waals surface area contributed by atoms with Crippen molar-refractivity contribution in [3.05, 3.63) is 29.8 Å². The molecule has 0 amide bonds. The molecule has 2 nitrogen and oxygen atoms in total. The Morgan fingerprint density at radius 3 is 1.63 bits per heavy atom. The molecule has 0 radical (unpaired) electrons. The van der Waals surface area contributed by atoms with Crippen LogP contribution in [0.1, 0.15) is 33.3 Å². The molecular formula is C13H18F3O2P. The highest BCUT2D eigenvalue weighted by Crippen LogP contribution is 2.40. The molecule has 0 spiro atoms. The second-order valence-electron chi connectivity index (χ2n) is 4.61. The molecule has 108 valence electrons. The van der Waals surface area contributed by atoms with Gasteiger partial charge in [-0.15, -0.1) is 0 Å². The predicted molar refractivity (Wildman–Crippen MR) is 70.4 cm³/mol. The van der Waals surface area contributed by atoms with Crippen molar-refractivity contribution in [2.45, 2.75) is 46.1 Å². The zero-order chi connectivity index (χ0) is 14.6. The summed E-state index contributed by atoms with van der Waals surface area (Å²) in [5.74, 6) is 0. The SMILES string of the molecule is CC(C)OP(OC(C)C)c1ccc(C(F)(F)F)cc1. The van der Waals surface area contributed by atoms with E-state index in [4.69, 9.17) is 9.05 Å². The topological polar surface area (TPSA) is 18.5 Å². The van der Waals surface area contributed by atoms with E-state index >= 15 is 0 Å². The molecule has 1 aromatic rings. The van der Waals surface area contributed by atoms with Gasteiger partial charge in [-0.3, -0.25) is 0 Å². The van der Waals surface area contributed by atoms with Crippen molar-refractivity contribution in [1.29, 1.82) is 0 Å². The standard InChI is InChI=1S/C13H18F3O2P/c1-9(2)17-19(18-10(3)4)12-7-5-11(6-8-12)13(14,15)16/h5-10H,1-4H3. The minimum atomic E-state index is -4.32. The first-order chi connectivity index (χ1) is 8.70. The second kappa shape index (κ2) is 6.69. The van der Waals surface area contributed by atoms with Crippen molar-refractivity contribution >= 4 is 13.7 Å². The van der Waals surface area contributed by atoms with Crippen LogP contribution in [0.4, 0.5) is 13.2 Å². The fraction of sp³-hybridized carbons (Fsp3) is 0.538. The van der Waals surface area contributed by atoms with E-state index in [9.17, 15) is 13.2 Å². The minimum absolute atomic E-state index is 0.0489. The molecule has 0 aliphatic rings. The third-order valence-corrected chi connectivity index (χ3v) is 3.96. The van der Waals surface area contributed by atoms with Gasteiger partial charge in [-0.05, 0) is 52.0 Å². The summed E-state index contributed by atoms with van der Waals surface area (Å²) in [7, 11) is -1.35. The Morgan fingerprint density at radius 2 is 1.32 bits per heavy atom. The molecule has 0 aromatic heterocycles. The van der Waals surface area contributed by atoms with Crippen LogP contribution in [0, 0.1) is 0 Å². The van der Waals surface area contributed by atoms with Crippen molar-refractivity contribution < 1.29 is 22.2 Å². The minimum Gasteiger partial charge on any atom is -0.328 e. The van der Waals surface area contributed by atoms with Gasteiger partial charge in [0, 0.05) is 5.30 Å². The highest BCUT2D eigenvalue weighted by Gasteiger charge is 2.30. The van der Waals surface area contributed by atoms with E-state index in [0.717, 1.165) is 12.1 Å². The van der Waals surface area contributed by atoms with Gasteiger partial charge in [0.2, 0.25) is 8.38 Å². The van der Waals surface area contributed by atoms with Crippen molar-refractivity contribution in [2.75, 3.05) is 0 Å². The summed E-state index contributed by atoms with van der Waals surface area (Å²) in [5, 5.41) is 0.644. The van der Waals surface area contributed by atoms with Gasteiger partial charge in [-0.1, -0.05) is 0 Å². The van der Waals surface area contributed by atoms with Gasteiger partial charge in [0.25, 0.3) is 0 Å². The summed E-state index contributed by atoms with van der Waals surface area (Å²) >= 11 is 0. The van der Waals surface area contributed by atoms with Crippen LogP contribution in [-0.4, -0.2) is 12.2 Å². The van der Waals surface area contributed by atoms with Gasteiger partial charge in [-0.25, -0.2) is 0 Å². The Bertz CT molecular complexity index is 378. The molecule has 0 bridgehead atoms. The van der Waals surface area contributed by atoms with Crippen LogP contribution in [0.2, 0.25) is 0 Å². The molecule has 0 aliphatic heterocycles. The van der Waals surface area contributed by atoms with E-state index in [1.54, 1.807) is 0 Å². The van der Waals surface area contributed by atoms with Crippen LogP contribution < -0.4 is 5.30 Å². The van der Waals surface area contributed by atoms with Crippen LogP contribution in [-0.2, 0) is 15.2 Å². The maximum Gasteiger partial charge on any atom is 0.416 e. The molecule has 0 unspecified atom stereocenters. The van der Waals surface area contributed by atoms with E-state index in [1.807, 2.05) is 27.7 Å². The van der Waals surface area contributed by atoms with Crippen molar-refractivity contribution in [3.63, 3.8) is 0 Å². The average molecular weight is 294 g/mol. The smallest absolute Gasteiger partial charge is 0.328 e. The predicted octanol–water partition coefficient (Wildman–Crippen LogP) is 4.49. The van der Waals surface area contributed by atoms with Crippen LogP contribution in [0.3, 0.4) is 0 Å². The summed E-state index contributed by atoms with van der Waals surface area (Å²) in [6, 6.07) is 4.94. The molecule has 0 N–H and O–H groups in total. The van der Waals surface area contributed by atoms with Crippen LogP contribution in [0.15, 0.2) is 24.3 Å². The molecule has 0 fully saturated rings. The lowest BCUT2D eigenvalue weighted by molar-refractivity contribution is -0.137. The third-order valence-electron chi connectivity index (χ3n) is 2.02. The quantitative estimate of drug-likeness (QED) is 0.745. The number of benzene rings is 1. The number of hydrogen-bond acceptors (Lipinski definition) is 2. The summed E-state index contributed by atoms with van der Waals surface area (Å²) in [6.07, 6.45) is -4.42. The zero-order valence-electron chi connectivity index (χ0n) is 11.4. The first-order valence-corrected chi connectivity index (χ1v) is 7.19. The molecule has 19 heavy (non-hydrogen) atoms. The van der Waals surface area contributed by atoms with Gasteiger partial charge < -0.3 is 9.05 Å². The maximum atomic E-state index is 12.5. The van der Waals surface area contributed by atoms with E-state index < -0.39 is 20.1 Å². The highest BCUT2D eigenvalue weighted by atomic mass is 31.2. The maximum absolute atomic E-state index is 12.5. The van der Waals surface area contributed by atoms with Gasteiger partial charge in [-0.2, -0.15) is 13.2 Å². The number of alkyl halides is 3. The van der Waals surface area contributed by atoms with Crippen LogP contribution in [0.5, 0.6) is 0 Å². The lowest BCUT2D eigenvalue weighted by Crippen LogP contribution is -2.14. The Hall–Kier alpha value is -0.640. The van der Waals surface area contributed by atoms with Gasteiger partial charge >= 0.3 is 6.18 Å². The van der Waals surface area contributed by atoms with Crippen molar-refractivity contribution in [2.24, 2.45) is 0 Å². The lowest BCUT2D eigenvalue weighted by atomic mass is 10.2. The first-order valence-electron chi connectivity index (χ1n) is 6.01. The Kier molecular flexibility index (Phi) is 5.78. The molecule has 0 heterocycles. The van der Waals surface area contributed by atoms with Crippen molar-refractivity contribution in [3.8, 4) is 0 Å². The largest absolute Gasteiger partial charge is 0.416 e. The van der Waals surface area contributed by atoms with Gasteiger partial charge in [0.05, 0.1) is 17.8 Å². The molecule has 0 saturated heterocycles. The Balaban J connectivity index is 2.90. The summed E-state index contributed by atoms with van der Waals surface area (Å²) in [4.78, 5) is 0. The monoisotopic (exact) mass is 294 g/mol. The summed E-state index contributed by atoms with van der Waals surface area (Å²) < 4.78 is 48.7. The first kappa shape index (κ1) is 16.4. The lowest BCUT2D eigenvalue weighted by Gasteiger charge is -2.22. The Labute approximate surface area is 112 Å². The van der Waals surface area contributed by atoms with E-state index in [0.29, 0.717) is 5.30 Å². The van der Waals surface area contributed by atoms with E-state index in [-0.39, 0.29) is 12.2 Å². The van der Waals surface area contributed by atoms with Crippen LogP contribution in [0.25, 0.3) is 0 Å². The molecular weight excluding hydrogens is 276 g/mol. The fourth-order valence-corrected chi connectivity index (χ4v) is 2.75. The number of halogens is 3. The van der Waals surface area contributed by atoms with E-state index in [1.165, 1.54) is 12.1 Å². The third kappa shape index (κ3) is 5.47. The molecule has 0 saturated carbocycles. The second-order valence-corrected chi connectivity index (χ2v) is 6.06. The van der Waals surface area contributed by atoms with Gasteiger partial charge in [0.1, 0.15) is 0 Å². The molecule has 6 heteroatoms. The molecule has 1 rings (SSSR count). The molecule has 1 aromatic carbocycles. The van der Waals surface area contributed by atoms with E-state index in [2.05, 4.69) is 0 Å². The Morgan fingerprint density at radius 1 is 0.895 bits per heavy atom. The van der Waals surface area contributed by atoms with Crippen LogP contribution >= 0.6 is 8.38 Å². The number of rotatable bonds is 5. The highest BCUT2D eigenvalue weighted by molar-refractivity contribution is 7.56. The summed E-state index contributed by atoms with van der Waals surface area (Å²) in [6.45, 7) is 7.46. The van der Waals surface area contributed by atoms with Crippen molar-refractivity contribution in [1.82, 2.24) is 0 Å². The number of hydrogen-bond donors (Lipinski definition) is 0. The molecule has 0 atom stereocenters. The average Bonchev–Trinajstić information content (AvgIpc) is 2.26. The summed E-state index contributed by atoms with van der Waals surface area (Å²) in [5.41, 5.74) is -0.666. The van der Waals surface area contributed by atoms with Gasteiger partial charge in [0.15, 0.2) is 0 Å². The fourth-order valence-electron chi connectivity index (χ4n) is 1.30. The zero-order valence-corrected chi connectivity index (χ0v) is 12.3.